The molecule has 3 nitrogen and oxygen atoms in total. The van der Waals surface area contributed by atoms with E-state index < -0.39 is 5.41 Å². The number of nitrogens with two attached hydrogens (primary N) is 1. The van der Waals surface area contributed by atoms with Gasteiger partial charge in [-0.05, 0) is 44.4 Å². The molecule has 0 saturated heterocycles. The van der Waals surface area contributed by atoms with Crippen LogP contribution >= 0.6 is 12.4 Å². The second kappa shape index (κ2) is 7.76. The summed E-state index contributed by atoms with van der Waals surface area (Å²) in [6.07, 6.45) is 1.61. The lowest BCUT2D eigenvalue weighted by atomic mass is 9.83. The number of hydrogen-bond donors (Lipinski definition) is 2. The van der Waals surface area contributed by atoms with Gasteiger partial charge in [-0.25, -0.2) is 4.39 Å². The molecule has 0 aliphatic heterocycles. The lowest BCUT2D eigenvalue weighted by Crippen LogP contribution is -2.52. The number of rotatable bonds is 6. The summed E-state index contributed by atoms with van der Waals surface area (Å²) < 4.78 is 13.0. The van der Waals surface area contributed by atoms with Crippen LogP contribution in [0.4, 0.5) is 4.39 Å². The maximum Gasteiger partial charge on any atom is 0.230 e. The minimum atomic E-state index is -0.712. The van der Waals surface area contributed by atoms with Gasteiger partial charge in [-0.3, -0.25) is 4.79 Å². The summed E-state index contributed by atoms with van der Waals surface area (Å²) in [5.41, 5.74) is 5.89. The van der Waals surface area contributed by atoms with Crippen molar-refractivity contribution in [3.63, 3.8) is 0 Å². The molecule has 0 heterocycles. The lowest BCUT2D eigenvalue weighted by molar-refractivity contribution is -0.125. The van der Waals surface area contributed by atoms with Crippen LogP contribution in [0.25, 0.3) is 0 Å². The third-order valence-electron chi connectivity index (χ3n) is 4.14. The zero-order chi connectivity index (χ0) is 15.4. The second-order valence-corrected chi connectivity index (χ2v) is 5.88. The third kappa shape index (κ3) is 4.97. The molecule has 0 bridgehead atoms. The van der Waals surface area contributed by atoms with E-state index in [4.69, 9.17) is 5.73 Å². The van der Waals surface area contributed by atoms with E-state index >= 15 is 0 Å². The Bertz CT molecular complexity index is 456. The fourth-order valence-electron chi connectivity index (χ4n) is 1.97. The van der Waals surface area contributed by atoms with Crippen molar-refractivity contribution < 1.29 is 9.18 Å². The SMILES string of the molecule is CCC(N)(CC)CNC(=O)C(C)(C)c1ccc(F)cc1.Cl. The first-order valence-corrected chi connectivity index (χ1v) is 7.08. The van der Waals surface area contributed by atoms with E-state index in [1.54, 1.807) is 12.1 Å². The molecule has 0 fully saturated rings. The molecular weight excluding hydrogens is 291 g/mol. The molecule has 5 heteroatoms. The van der Waals surface area contributed by atoms with Gasteiger partial charge in [-0.15, -0.1) is 12.4 Å². The zero-order valence-corrected chi connectivity index (χ0v) is 14.0. The quantitative estimate of drug-likeness (QED) is 0.847. The molecule has 0 aliphatic rings. The molecule has 1 rings (SSSR count). The van der Waals surface area contributed by atoms with Crippen molar-refractivity contribution in [1.82, 2.24) is 5.32 Å². The molecular formula is C16H26ClFN2O. The van der Waals surface area contributed by atoms with E-state index in [0.29, 0.717) is 6.54 Å². The predicted molar refractivity (Wildman–Crippen MR) is 87.2 cm³/mol. The average Bonchev–Trinajstić information content (AvgIpc) is 2.44. The lowest BCUT2D eigenvalue weighted by Gasteiger charge is -2.30. The molecule has 0 radical (unpaired) electrons. The summed E-state index contributed by atoms with van der Waals surface area (Å²) in [4.78, 5) is 12.4. The van der Waals surface area contributed by atoms with E-state index in [0.717, 1.165) is 18.4 Å². The van der Waals surface area contributed by atoms with Crippen LogP contribution in [0, 0.1) is 5.82 Å². The van der Waals surface area contributed by atoms with Gasteiger partial charge in [-0.2, -0.15) is 0 Å². The largest absolute Gasteiger partial charge is 0.354 e. The Kier molecular flexibility index (Phi) is 7.34. The second-order valence-electron chi connectivity index (χ2n) is 5.88. The molecule has 1 aromatic carbocycles. The standard InChI is InChI=1S/C16H25FN2O.ClH/c1-5-16(18,6-2)11-19-14(20)15(3,4)12-7-9-13(17)10-8-12;/h7-10H,5-6,11,18H2,1-4H3,(H,19,20);1H. The first kappa shape index (κ1) is 19.9. The predicted octanol–water partition coefficient (Wildman–Crippen LogP) is 3.16. The molecule has 0 saturated carbocycles. The van der Waals surface area contributed by atoms with Gasteiger partial charge in [0.1, 0.15) is 5.82 Å². The van der Waals surface area contributed by atoms with Crippen LogP contribution in [0.2, 0.25) is 0 Å². The Hall–Kier alpha value is -1.13. The Labute approximate surface area is 132 Å². The Morgan fingerprint density at radius 3 is 2.10 bits per heavy atom. The average molecular weight is 317 g/mol. The van der Waals surface area contributed by atoms with Gasteiger partial charge < -0.3 is 11.1 Å². The molecule has 21 heavy (non-hydrogen) atoms. The minimum absolute atomic E-state index is 0. The molecule has 0 unspecified atom stereocenters. The van der Waals surface area contributed by atoms with Crippen LogP contribution in [0.1, 0.15) is 46.1 Å². The number of benzene rings is 1. The zero-order valence-electron chi connectivity index (χ0n) is 13.2. The van der Waals surface area contributed by atoms with Gasteiger partial charge >= 0.3 is 0 Å². The van der Waals surface area contributed by atoms with Gasteiger partial charge in [-0.1, -0.05) is 26.0 Å². The van der Waals surface area contributed by atoms with Gasteiger partial charge in [0.25, 0.3) is 0 Å². The highest BCUT2D eigenvalue weighted by Gasteiger charge is 2.31. The van der Waals surface area contributed by atoms with E-state index in [-0.39, 0.29) is 29.7 Å². The maximum absolute atomic E-state index is 13.0. The van der Waals surface area contributed by atoms with Crippen LogP contribution in [0.15, 0.2) is 24.3 Å². The summed E-state index contributed by atoms with van der Waals surface area (Å²) in [5.74, 6) is -0.399. The maximum atomic E-state index is 13.0. The summed E-state index contributed by atoms with van der Waals surface area (Å²) in [5, 5.41) is 2.92. The van der Waals surface area contributed by atoms with Crippen LogP contribution in [-0.2, 0) is 10.2 Å². The minimum Gasteiger partial charge on any atom is -0.354 e. The van der Waals surface area contributed by atoms with E-state index in [1.165, 1.54) is 12.1 Å². The number of amides is 1. The summed E-state index contributed by atoms with van der Waals surface area (Å²) in [7, 11) is 0. The highest BCUT2D eigenvalue weighted by Crippen LogP contribution is 2.24. The van der Waals surface area contributed by atoms with Crippen LogP contribution < -0.4 is 11.1 Å². The molecule has 0 spiro atoms. The number of hydrogen-bond acceptors (Lipinski definition) is 2. The molecule has 1 aromatic rings. The molecule has 3 N–H and O–H groups in total. The van der Waals surface area contributed by atoms with Crippen molar-refractivity contribution in [2.75, 3.05) is 6.54 Å². The molecule has 0 atom stereocenters. The first-order valence-electron chi connectivity index (χ1n) is 7.08. The monoisotopic (exact) mass is 316 g/mol. The Morgan fingerprint density at radius 1 is 1.19 bits per heavy atom. The van der Waals surface area contributed by atoms with E-state index in [9.17, 15) is 9.18 Å². The van der Waals surface area contributed by atoms with Crippen molar-refractivity contribution in [3.05, 3.63) is 35.6 Å². The fraction of sp³-hybridized carbons (Fsp3) is 0.562. The normalized spacial score (nSPS) is 11.7. The summed E-state index contributed by atoms with van der Waals surface area (Å²) in [6.45, 7) is 8.13. The highest BCUT2D eigenvalue weighted by molar-refractivity contribution is 5.87. The van der Waals surface area contributed by atoms with Crippen molar-refractivity contribution in [2.24, 2.45) is 5.73 Å². The number of nitrogens with one attached hydrogen (secondary N) is 1. The first-order chi connectivity index (χ1) is 9.25. The Morgan fingerprint density at radius 2 is 1.67 bits per heavy atom. The van der Waals surface area contributed by atoms with Gasteiger partial charge in [0.15, 0.2) is 0 Å². The van der Waals surface area contributed by atoms with Gasteiger partial charge in [0, 0.05) is 12.1 Å². The van der Waals surface area contributed by atoms with E-state index in [2.05, 4.69) is 5.32 Å². The Balaban J connectivity index is 0.00000400. The van der Waals surface area contributed by atoms with Gasteiger partial charge in [0.2, 0.25) is 5.91 Å². The third-order valence-corrected chi connectivity index (χ3v) is 4.14. The summed E-state index contributed by atoms with van der Waals surface area (Å²) >= 11 is 0. The van der Waals surface area contributed by atoms with E-state index in [1.807, 2.05) is 27.7 Å². The molecule has 120 valence electrons. The van der Waals surface area contributed by atoms with Crippen LogP contribution in [-0.4, -0.2) is 18.0 Å². The molecule has 0 aromatic heterocycles. The number of carbonyl (C=O) groups excluding carboxylic acids is 1. The van der Waals surface area contributed by atoms with Crippen molar-refractivity contribution in [3.8, 4) is 0 Å². The number of halogens is 2. The van der Waals surface area contributed by atoms with Crippen LogP contribution in [0.5, 0.6) is 0 Å². The molecule has 0 aliphatic carbocycles. The molecule has 1 amide bonds. The van der Waals surface area contributed by atoms with Crippen molar-refractivity contribution in [2.45, 2.75) is 51.5 Å². The highest BCUT2D eigenvalue weighted by atomic mass is 35.5. The number of carbonyl (C=O) groups is 1. The fourth-order valence-corrected chi connectivity index (χ4v) is 1.97. The van der Waals surface area contributed by atoms with Gasteiger partial charge in [0.05, 0.1) is 5.41 Å². The smallest absolute Gasteiger partial charge is 0.230 e. The van der Waals surface area contributed by atoms with Crippen molar-refractivity contribution >= 4 is 18.3 Å². The topological polar surface area (TPSA) is 55.1 Å². The van der Waals surface area contributed by atoms with Crippen molar-refractivity contribution in [1.29, 1.82) is 0 Å². The summed E-state index contributed by atoms with van der Waals surface area (Å²) in [6, 6.07) is 6.03. The van der Waals surface area contributed by atoms with Crippen LogP contribution in [0.3, 0.4) is 0 Å².